The molecule has 2 heterocycles. The molecule has 101 heavy (non-hydrogen) atoms. The van der Waals surface area contributed by atoms with Crippen LogP contribution in [0.5, 0.6) is 0 Å². The minimum Gasteiger partial charge on any atom is -0.394 e. The number of carbonyl (C=O) groups is 1. The first kappa shape index (κ1) is 93.2. The molecule has 14 heteroatoms. The number of hydrogen-bond acceptors (Lipinski definition) is 13. The van der Waals surface area contributed by atoms with Crippen LogP contribution >= 0.6 is 0 Å². The van der Waals surface area contributed by atoms with E-state index in [9.17, 15) is 45.6 Å². The summed E-state index contributed by atoms with van der Waals surface area (Å²) in [5.74, 6) is -0.265. The van der Waals surface area contributed by atoms with Crippen molar-refractivity contribution in [2.45, 2.75) is 389 Å². The van der Waals surface area contributed by atoms with E-state index in [1.54, 1.807) is 6.08 Å². The molecule has 0 aromatic heterocycles. The van der Waals surface area contributed by atoms with Crippen molar-refractivity contribution >= 4 is 5.91 Å². The lowest BCUT2D eigenvalue weighted by molar-refractivity contribution is -0.359. The lowest BCUT2D eigenvalue weighted by Gasteiger charge is -2.46. The molecule has 0 bridgehead atoms. The maximum Gasteiger partial charge on any atom is 0.220 e. The second-order valence-corrected chi connectivity index (χ2v) is 28.2. The van der Waals surface area contributed by atoms with Crippen LogP contribution in [-0.4, -0.2) is 140 Å². The molecule has 580 valence electrons. The third-order valence-corrected chi connectivity index (χ3v) is 19.1. The number of aliphatic hydroxyl groups is 8. The average Bonchev–Trinajstić information content (AvgIpc) is 0.791. The number of aliphatic hydroxyl groups excluding tert-OH is 8. The molecule has 0 radical (unpaired) electrons. The minimum atomic E-state index is -1.80. The number of hydrogen-bond donors (Lipinski definition) is 9. The lowest BCUT2D eigenvalue weighted by atomic mass is 9.97. The predicted octanol–water partition coefficient (Wildman–Crippen LogP) is 19.0. The standard InChI is InChI=1S/C87H149NO13/c1-3-5-7-9-11-13-15-17-19-21-23-25-27-29-31-33-35-37-38-39-41-43-45-47-49-51-53-55-57-59-61-63-65-67-69-71-79(92)88-75(74-98-86-84(97)82(95)85(78(73-90)100-86)101-87-83(96)81(94)80(93)77(72-89)99-87)76(91)70-68-66-64-62-60-58-56-54-52-50-48-46-44-42-40-36-34-32-30-28-26-24-22-20-18-16-14-12-10-8-6-4-2/h5,7,11,13,17,19,23,25,29,31,35,37,39,41,45,47,51,53,57,59,68,70,75-78,80-87,89-91,93-97H,3-4,6,8-10,12,14-16,18,20-22,24,26-28,30,32-34,36,38,40,42-44,46,48-50,52,54-56,58,60-67,69,71-74H2,1-2H3,(H,88,92)/b7-5-,13-11-,19-17-,25-23-,31-29-,37-35-,41-39-,47-45-,53-51-,59-57-,70-68+. The Labute approximate surface area is 615 Å². The van der Waals surface area contributed by atoms with E-state index in [1.165, 1.54) is 180 Å². The monoisotopic (exact) mass is 1420 g/mol. The molecule has 1 amide bonds. The third kappa shape index (κ3) is 51.9. The number of ether oxygens (including phenoxy) is 4. The van der Waals surface area contributed by atoms with Crippen LogP contribution in [0.3, 0.4) is 0 Å². The third-order valence-electron chi connectivity index (χ3n) is 19.1. The Morgan fingerprint density at radius 1 is 0.366 bits per heavy atom. The van der Waals surface area contributed by atoms with Crippen molar-refractivity contribution < 1.29 is 64.6 Å². The second-order valence-electron chi connectivity index (χ2n) is 28.2. The van der Waals surface area contributed by atoms with Gasteiger partial charge >= 0.3 is 0 Å². The molecule has 12 unspecified atom stereocenters. The van der Waals surface area contributed by atoms with E-state index in [0.29, 0.717) is 6.42 Å². The fraction of sp³-hybridized carbons (Fsp3) is 0.736. The van der Waals surface area contributed by atoms with Crippen LogP contribution in [0.2, 0.25) is 0 Å². The molecule has 2 rings (SSSR count). The summed E-state index contributed by atoms with van der Waals surface area (Å²) in [6, 6.07) is -0.941. The quantitative estimate of drug-likeness (QED) is 0.0204. The minimum absolute atomic E-state index is 0.243. The van der Waals surface area contributed by atoms with Gasteiger partial charge in [0.15, 0.2) is 12.6 Å². The van der Waals surface area contributed by atoms with Crippen molar-refractivity contribution in [2.24, 2.45) is 0 Å². The Hall–Kier alpha value is -3.87. The molecule has 0 saturated carbocycles. The molecule has 0 aromatic rings. The van der Waals surface area contributed by atoms with Crippen LogP contribution < -0.4 is 5.32 Å². The van der Waals surface area contributed by atoms with Gasteiger partial charge in [-0.05, 0) is 96.3 Å². The first-order chi connectivity index (χ1) is 49.6. The summed E-state index contributed by atoms with van der Waals surface area (Å²) in [7, 11) is 0. The average molecular weight is 1420 g/mol. The molecule has 14 nitrogen and oxygen atoms in total. The number of unbranched alkanes of at least 4 members (excludes halogenated alkanes) is 34. The van der Waals surface area contributed by atoms with Crippen LogP contribution in [0.15, 0.2) is 134 Å². The highest BCUT2D eigenvalue weighted by atomic mass is 16.7. The van der Waals surface area contributed by atoms with Crippen LogP contribution in [-0.2, 0) is 23.7 Å². The fourth-order valence-electron chi connectivity index (χ4n) is 12.7. The van der Waals surface area contributed by atoms with E-state index in [4.69, 9.17) is 18.9 Å². The highest BCUT2D eigenvalue weighted by Gasteiger charge is 2.51. The van der Waals surface area contributed by atoms with Crippen LogP contribution in [0, 0.1) is 0 Å². The van der Waals surface area contributed by atoms with Gasteiger partial charge in [0.25, 0.3) is 0 Å². The van der Waals surface area contributed by atoms with Crippen molar-refractivity contribution in [3.63, 3.8) is 0 Å². The van der Waals surface area contributed by atoms with E-state index >= 15 is 0 Å². The van der Waals surface area contributed by atoms with E-state index < -0.39 is 86.8 Å². The van der Waals surface area contributed by atoms with Crippen molar-refractivity contribution in [3.05, 3.63) is 134 Å². The van der Waals surface area contributed by atoms with Gasteiger partial charge in [-0.3, -0.25) is 4.79 Å². The van der Waals surface area contributed by atoms with Gasteiger partial charge in [-0.25, -0.2) is 0 Å². The molecule has 2 aliphatic rings. The first-order valence-corrected chi connectivity index (χ1v) is 40.9. The summed E-state index contributed by atoms with van der Waals surface area (Å²) in [6.45, 7) is 2.70. The Balaban J connectivity index is 1.65. The summed E-state index contributed by atoms with van der Waals surface area (Å²) < 4.78 is 22.9. The maximum atomic E-state index is 13.4. The highest BCUT2D eigenvalue weighted by molar-refractivity contribution is 5.76. The van der Waals surface area contributed by atoms with Gasteiger partial charge in [-0.2, -0.15) is 0 Å². The van der Waals surface area contributed by atoms with Crippen LogP contribution in [0.25, 0.3) is 0 Å². The van der Waals surface area contributed by atoms with Crippen molar-refractivity contribution in [1.29, 1.82) is 0 Å². The smallest absolute Gasteiger partial charge is 0.220 e. The number of rotatable bonds is 67. The Kier molecular flexibility index (Phi) is 63.9. The molecule has 0 aromatic carbocycles. The highest BCUT2D eigenvalue weighted by Crippen LogP contribution is 2.30. The largest absolute Gasteiger partial charge is 0.394 e. The predicted molar refractivity (Wildman–Crippen MR) is 419 cm³/mol. The fourth-order valence-corrected chi connectivity index (χ4v) is 12.7. The molecule has 12 atom stereocenters. The van der Waals surface area contributed by atoms with E-state index in [-0.39, 0.29) is 18.9 Å². The van der Waals surface area contributed by atoms with Gasteiger partial charge in [0.1, 0.15) is 48.8 Å². The Morgan fingerprint density at radius 2 is 0.683 bits per heavy atom. The lowest BCUT2D eigenvalue weighted by Crippen LogP contribution is -2.65. The Morgan fingerprint density at radius 3 is 1.05 bits per heavy atom. The van der Waals surface area contributed by atoms with E-state index in [2.05, 4.69) is 141 Å². The topological polar surface area (TPSA) is 228 Å². The Bertz CT molecular complexity index is 2220. The normalized spacial score (nSPS) is 22.5. The molecule has 0 spiro atoms. The van der Waals surface area contributed by atoms with Crippen LogP contribution in [0.1, 0.15) is 316 Å². The van der Waals surface area contributed by atoms with Gasteiger partial charge in [0.2, 0.25) is 5.91 Å². The SMILES string of the molecule is CC/C=C\C/C=C\C/C=C\C/C=C\C/C=C\C/C=C\C/C=C\C/C=C\C/C=C\C/C=C\CCCCCCC(=O)NC(COC1OC(CO)C(OC2OC(CO)C(O)C(O)C2O)C(O)C1O)C(O)/C=C/CCCCCCCCCCCCCCCCCCCCCCCCCCCCCCCC. The van der Waals surface area contributed by atoms with Gasteiger partial charge in [-0.1, -0.05) is 347 Å². The van der Waals surface area contributed by atoms with Crippen molar-refractivity contribution in [3.8, 4) is 0 Å². The summed E-state index contributed by atoms with van der Waals surface area (Å²) in [6.07, 6.45) is 86.7. The molecule has 2 saturated heterocycles. The molecular formula is C87H149NO13. The number of carbonyl (C=O) groups excluding carboxylic acids is 1. The van der Waals surface area contributed by atoms with E-state index in [0.717, 1.165) is 109 Å². The zero-order chi connectivity index (χ0) is 73.0. The summed E-state index contributed by atoms with van der Waals surface area (Å²) in [5.41, 5.74) is 0. The molecule has 9 N–H and O–H groups in total. The zero-order valence-corrected chi connectivity index (χ0v) is 63.6. The molecular weight excluding hydrogens is 1270 g/mol. The first-order valence-electron chi connectivity index (χ1n) is 40.9. The van der Waals surface area contributed by atoms with Gasteiger partial charge < -0.3 is 65.1 Å². The second kappa shape index (κ2) is 69.2. The van der Waals surface area contributed by atoms with E-state index in [1.807, 2.05) is 6.08 Å². The van der Waals surface area contributed by atoms with Gasteiger partial charge in [0.05, 0.1) is 32.0 Å². The number of amides is 1. The summed E-state index contributed by atoms with van der Waals surface area (Å²) in [4.78, 5) is 13.4. The van der Waals surface area contributed by atoms with Gasteiger partial charge in [0, 0.05) is 6.42 Å². The number of nitrogens with one attached hydrogen (secondary N) is 1. The molecule has 2 aliphatic heterocycles. The maximum absolute atomic E-state index is 13.4. The molecule has 2 fully saturated rings. The molecule has 0 aliphatic carbocycles. The number of allylic oxidation sites excluding steroid dienone is 21. The summed E-state index contributed by atoms with van der Waals surface area (Å²) >= 11 is 0. The van der Waals surface area contributed by atoms with Crippen LogP contribution in [0.4, 0.5) is 0 Å². The van der Waals surface area contributed by atoms with Gasteiger partial charge in [-0.15, -0.1) is 0 Å². The zero-order valence-electron chi connectivity index (χ0n) is 63.6. The van der Waals surface area contributed by atoms with Crippen molar-refractivity contribution in [2.75, 3.05) is 19.8 Å². The summed E-state index contributed by atoms with van der Waals surface area (Å²) in [5, 5.41) is 87.7. The van der Waals surface area contributed by atoms with Crippen molar-refractivity contribution in [1.82, 2.24) is 5.32 Å².